The van der Waals surface area contributed by atoms with E-state index in [-0.39, 0.29) is 13.2 Å². The molecule has 0 saturated carbocycles. The summed E-state index contributed by atoms with van der Waals surface area (Å²) in [5, 5.41) is 16.7. The Hall–Kier alpha value is -1.05. The van der Waals surface area contributed by atoms with Gasteiger partial charge in [-0.1, -0.05) is 0 Å². The van der Waals surface area contributed by atoms with E-state index >= 15 is 0 Å². The van der Waals surface area contributed by atoms with Gasteiger partial charge in [0, 0.05) is 18.9 Å². The average molecular weight is 215 g/mol. The molecule has 0 aliphatic carbocycles. The van der Waals surface area contributed by atoms with Crippen molar-refractivity contribution in [2.75, 3.05) is 7.11 Å². The van der Waals surface area contributed by atoms with Crippen LogP contribution in [0.3, 0.4) is 0 Å². The van der Waals surface area contributed by atoms with Crippen LogP contribution in [0.2, 0.25) is 0 Å². The van der Waals surface area contributed by atoms with E-state index < -0.39 is 0 Å². The second-order valence-corrected chi connectivity index (χ2v) is 2.93. The van der Waals surface area contributed by atoms with Crippen molar-refractivity contribution in [2.45, 2.75) is 19.8 Å². The summed E-state index contributed by atoms with van der Waals surface area (Å²) in [6.45, 7) is 0.362. The highest BCUT2D eigenvalue weighted by Crippen LogP contribution is 2.11. The molecule has 0 saturated heterocycles. The molecule has 0 atom stereocenters. The first-order valence-electron chi connectivity index (χ1n) is 4.30. The van der Waals surface area contributed by atoms with Crippen molar-refractivity contribution in [3.8, 4) is 0 Å². The minimum atomic E-state index is -0.0496. The third kappa shape index (κ3) is 3.54. The van der Waals surface area contributed by atoms with E-state index in [0.29, 0.717) is 17.9 Å². The molecule has 0 spiro atoms. The zero-order valence-electron chi connectivity index (χ0n) is 8.34. The summed E-state index contributed by atoms with van der Waals surface area (Å²) in [7, 11) is 1.58. The van der Waals surface area contributed by atoms with Crippen LogP contribution in [0.15, 0.2) is 12.3 Å². The summed E-state index contributed by atoms with van der Waals surface area (Å²) < 4.78 is 4.94. The van der Waals surface area contributed by atoms with E-state index in [1.165, 1.54) is 0 Å². The smallest absolute Gasteiger partial charge is 0.124 e. The zero-order valence-corrected chi connectivity index (χ0v) is 8.34. The lowest BCUT2D eigenvalue weighted by molar-refractivity contribution is -0.259. The van der Waals surface area contributed by atoms with Crippen LogP contribution in [0.1, 0.15) is 16.8 Å². The normalized spacial score (nSPS) is 10.6. The molecule has 15 heavy (non-hydrogen) atoms. The zero-order chi connectivity index (χ0) is 11.1. The molecule has 0 amide bonds. The summed E-state index contributed by atoms with van der Waals surface area (Å²) in [4.78, 5) is 12.1. The van der Waals surface area contributed by atoms with Crippen molar-refractivity contribution in [1.29, 1.82) is 0 Å². The Morgan fingerprint density at radius 1 is 1.20 bits per heavy atom. The quantitative estimate of drug-likeness (QED) is 0.548. The molecule has 1 aromatic rings. The molecule has 0 radical (unpaired) electrons. The molecule has 0 unspecified atom stereocenters. The summed E-state index contributed by atoms with van der Waals surface area (Å²) in [6, 6.07) is 1.76. The number of rotatable bonds is 6. The van der Waals surface area contributed by atoms with Crippen LogP contribution in [0, 0.1) is 0 Å². The Morgan fingerprint density at radius 2 is 1.93 bits per heavy atom. The molecule has 0 fully saturated rings. The summed E-state index contributed by atoms with van der Waals surface area (Å²) in [6.07, 6.45) is 1.61. The van der Waals surface area contributed by atoms with E-state index in [1.54, 1.807) is 19.4 Å². The number of methoxy groups -OCH3 is 1. The molecule has 6 nitrogen and oxygen atoms in total. The Bertz CT molecular complexity index is 305. The lowest BCUT2D eigenvalue weighted by atomic mass is 10.1. The first-order valence-corrected chi connectivity index (χ1v) is 4.30. The molecule has 0 aliphatic rings. The monoisotopic (exact) mass is 215 g/mol. The van der Waals surface area contributed by atoms with Gasteiger partial charge in [0.25, 0.3) is 0 Å². The SMILES string of the molecule is COCc1cnc(COO)c(COO)c1. The maximum atomic E-state index is 8.37. The number of aromatic nitrogens is 1. The van der Waals surface area contributed by atoms with Crippen molar-refractivity contribution in [3.05, 3.63) is 29.1 Å². The molecule has 6 heteroatoms. The minimum Gasteiger partial charge on any atom is -0.380 e. The van der Waals surface area contributed by atoms with E-state index in [9.17, 15) is 0 Å². The predicted molar refractivity (Wildman–Crippen MR) is 49.8 cm³/mol. The van der Waals surface area contributed by atoms with Crippen LogP contribution in [0.25, 0.3) is 0 Å². The van der Waals surface area contributed by atoms with Gasteiger partial charge in [-0.25, -0.2) is 9.78 Å². The lowest BCUT2D eigenvalue weighted by Gasteiger charge is -2.07. The molecule has 2 N–H and O–H groups in total. The van der Waals surface area contributed by atoms with Crippen LogP contribution >= 0.6 is 0 Å². The summed E-state index contributed by atoms with van der Waals surface area (Å²) in [5.41, 5.74) is 2.00. The van der Waals surface area contributed by atoms with Crippen molar-refractivity contribution >= 4 is 0 Å². The average Bonchev–Trinajstić information content (AvgIpc) is 2.23. The molecule has 0 aliphatic heterocycles. The lowest BCUT2D eigenvalue weighted by Crippen LogP contribution is -2.03. The van der Waals surface area contributed by atoms with Crippen molar-refractivity contribution in [1.82, 2.24) is 4.98 Å². The summed E-state index contributed by atoms with van der Waals surface area (Å²) >= 11 is 0. The fourth-order valence-electron chi connectivity index (χ4n) is 1.22. The van der Waals surface area contributed by atoms with Gasteiger partial charge in [0.2, 0.25) is 0 Å². The van der Waals surface area contributed by atoms with Crippen LogP contribution < -0.4 is 0 Å². The molecule has 0 aromatic carbocycles. The standard InChI is InChI=1S/C9H13NO5/c1-13-4-7-2-8(5-14-11)9(6-15-12)10-3-7/h2-3,11-12H,4-6H2,1H3. The first-order chi connectivity index (χ1) is 7.31. The fraction of sp³-hybridized carbons (Fsp3) is 0.444. The highest BCUT2D eigenvalue weighted by atomic mass is 17.1. The maximum Gasteiger partial charge on any atom is 0.124 e. The molecule has 1 aromatic heterocycles. The number of nitrogens with zero attached hydrogens (tertiary/aromatic N) is 1. The van der Waals surface area contributed by atoms with Gasteiger partial charge in [-0.2, -0.15) is 0 Å². The van der Waals surface area contributed by atoms with Gasteiger partial charge in [0.05, 0.1) is 12.3 Å². The van der Waals surface area contributed by atoms with Gasteiger partial charge in [0.1, 0.15) is 13.2 Å². The van der Waals surface area contributed by atoms with Crippen LogP contribution in [-0.2, 0) is 34.3 Å². The molecule has 0 bridgehead atoms. The Kier molecular flexibility index (Phi) is 5.16. The fourth-order valence-corrected chi connectivity index (χ4v) is 1.22. The van der Waals surface area contributed by atoms with E-state index in [2.05, 4.69) is 14.8 Å². The van der Waals surface area contributed by atoms with Crippen molar-refractivity contribution in [2.24, 2.45) is 0 Å². The van der Waals surface area contributed by atoms with Gasteiger partial charge >= 0.3 is 0 Å². The molecule has 1 rings (SSSR count). The van der Waals surface area contributed by atoms with Crippen molar-refractivity contribution in [3.63, 3.8) is 0 Å². The Balaban J connectivity index is 2.87. The second-order valence-electron chi connectivity index (χ2n) is 2.93. The number of pyridine rings is 1. The Morgan fingerprint density at radius 3 is 2.53 bits per heavy atom. The minimum absolute atomic E-state index is 0.0107. The molecule has 84 valence electrons. The van der Waals surface area contributed by atoms with Gasteiger partial charge in [-0.15, -0.1) is 0 Å². The van der Waals surface area contributed by atoms with Gasteiger partial charge in [0.15, 0.2) is 0 Å². The largest absolute Gasteiger partial charge is 0.380 e. The van der Waals surface area contributed by atoms with E-state index in [0.717, 1.165) is 5.56 Å². The topological polar surface area (TPSA) is 81.0 Å². The van der Waals surface area contributed by atoms with Crippen LogP contribution in [0.4, 0.5) is 0 Å². The first kappa shape index (κ1) is 12.0. The molecular formula is C9H13NO5. The van der Waals surface area contributed by atoms with Crippen LogP contribution in [0.5, 0.6) is 0 Å². The number of ether oxygens (including phenoxy) is 1. The number of hydrogen-bond acceptors (Lipinski definition) is 6. The number of hydrogen-bond donors (Lipinski definition) is 2. The van der Waals surface area contributed by atoms with E-state index in [1.807, 2.05) is 0 Å². The third-order valence-corrected chi connectivity index (χ3v) is 1.85. The highest BCUT2D eigenvalue weighted by molar-refractivity contribution is 5.24. The van der Waals surface area contributed by atoms with Crippen LogP contribution in [-0.4, -0.2) is 22.6 Å². The maximum absolute atomic E-state index is 8.37. The van der Waals surface area contributed by atoms with Gasteiger partial charge in [-0.3, -0.25) is 15.5 Å². The second kappa shape index (κ2) is 6.44. The van der Waals surface area contributed by atoms with Gasteiger partial charge in [-0.05, 0) is 11.6 Å². The summed E-state index contributed by atoms with van der Waals surface area (Å²) in [5.74, 6) is 0. The van der Waals surface area contributed by atoms with Gasteiger partial charge < -0.3 is 4.74 Å². The van der Waals surface area contributed by atoms with E-state index in [4.69, 9.17) is 15.3 Å². The molecular weight excluding hydrogens is 202 g/mol. The van der Waals surface area contributed by atoms with Crippen molar-refractivity contribution < 1.29 is 25.0 Å². The predicted octanol–water partition coefficient (Wildman–Crippen LogP) is 1.21. The third-order valence-electron chi connectivity index (χ3n) is 1.85. The molecule has 1 heterocycles. The highest BCUT2D eigenvalue weighted by Gasteiger charge is 2.06. The Labute approximate surface area is 86.9 Å².